The molecule has 0 saturated carbocycles. The van der Waals surface area contributed by atoms with Gasteiger partial charge in [-0.05, 0) is 61.2 Å². The summed E-state index contributed by atoms with van der Waals surface area (Å²) in [7, 11) is -2.66. The SMILES string of the molecule is COc1ccc(S(=O)(=O)N2CCC(C(=O)NCc3ccc(S(=O)(=O)N(C)C)cc3)CC2)cc1C. The van der Waals surface area contributed by atoms with Crippen LogP contribution < -0.4 is 10.1 Å². The second-order valence-corrected chi connectivity index (χ2v) is 12.5. The number of nitrogens with one attached hydrogen (secondary N) is 1. The quantitative estimate of drug-likeness (QED) is 0.582. The zero-order valence-corrected chi connectivity index (χ0v) is 21.4. The summed E-state index contributed by atoms with van der Waals surface area (Å²) in [6.07, 6.45) is 0.862. The Morgan fingerprint density at radius 1 is 1.03 bits per heavy atom. The molecule has 1 aliphatic rings. The lowest BCUT2D eigenvalue weighted by atomic mass is 9.97. The Hall–Kier alpha value is -2.47. The van der Waals surface area contributed by atoms with Crippen molar-refractivity contribution >= 4 is 26.0 Å². The highest BCUT2D eigenvalue weighted by atomic mass is 32.2. The smallest absolute Gasteiger partial charge is 0.243 e. The third-order valence-corrected chi connectivity index (χ3v) is 9.72. The van der Waals surface area contributed by atoms with Gasteiger partial charge in [-0.15, -0.1) is 0 Å². The van der Waals surface area contributed by atoms with Gasteiger partial charge in [0.25, 0.3) is 0 Å². The highest BCUT2D eigenvalue weighted by molar-refractivity contribution is 7.89. The predicted molar refractivity (Wildman–Crippen MR) is 128 cm³/mol. The molecule has 0 spiro atoms. The summed E-state index contributed by atoms with van der Waals surface area (Å²) in [6, 6.07) is 11.1. The maximum Gasteiger partial charge on any atom is 0.243 e. The van der Waals surface area contributed by atoms with Gasteiger partial charge in [-0.25, -0.2) is 21.1 Å². The Kier molecular flexibility index (Phi) is 8.02. The van der Waals surface area contributed by atoms with Gasteiger partial charge >= 0.3 is 0 Å². The zero-order valence-electron chi connectivity index (χ0n) is 19.8. The molecule has 0 bridgehead atoms. The molecule has 1 amide bonds. The Morgan fingerprint density at radius 3 is 2.15 bits per heavy atom. The van der Waals surface area contributed by atoms with Crippen LogP contribution >= 0.6 is 0 Å². The first-order valence-electron chi connectivity index (χ1n) is 10.9. The molecule has 0 unspecified atom stereocenters. The largest absolute Gasteiger partial charge is 0.496 e. The van der Waals surface area contributed by atoms with E-state index in [1.165, 1.54) is 43.7 Å². The Balaban J connectivity index is 1.55. The van der Waals surface area contributed by atoms with Gasteiger partial charge in [0.1, 0.15) is 5.75 Å². The lowest BCUT2D eigenvalue weighted by Crippen LogP contribution is -2.42. The van der Waals surface area contributed by atoms with Gasteiger partial charge in [0, 0.05) is 39.6 Å². The average molecular weight is 510 g/mol. The van der Waals surface area contributed by atoms with Crippen LogP contribution in [0.4, 0.5) is 0 Å². The van der Waals surface area contributed by atoms with Gasteiger partial charge in [-0.2, -0.15) is 4.31 Å². The summed E-state index contributed by atoms with van der Waals surface area (Å²) in [5.74, 6) is 0.211. The van der Waals surface area contributed by atoms with Crippen LogP contribution in [0.1, 0.15) is 24.0 Å². The van der Waals surface area contributed by atoms with E-state index in [9.17, 15) is 21.6 Å². The number of carbonyl (C=O) groups excluding carboxylic acids is 1. The minimum atomic E-state index is -3.64. The number of nitrogens with zero attached hydrogens (tertiary/aromatic N) is 2. The summed E-state index contributed by atoms with van der Waals surface area (Å²) >= 11 is 0. The van der Waals surface area contributed by atoms with E-state index in [4.69, 9.17) is 4.74 Å². The van der Waals surface area contributed by atoms with Crippen molar-refractivity contribution in [3.05, 3.63) is 53.6 Å². The molecule has 2 aromatic rings. The van der Waals surface area contributed by atoms with Crippen molar-refractivity contribution in [2.45, 2.75) is 36.1 Å². The van der Waals surface area contributed by atoms with Crippen LogP contribution in [0.25, 0.3) is 0 Å². The van der Waals surface area contributed by atoms with Crippen LogP contribution in [0.15, 0.2) is 52.3 Å². The topological polar surface area (TPSA) is 113 Å². The molecule has 3 rings (SSSR count). The standard InChI is InChI=1S/C23H31N3O6S2/c1-17-15-21(9-10-22(17)32-4)34(30,31)26-13-11-19(12-14-26)23(27)24-16-18-5-7-20(8-6-18)33(28,29)25(2)3/h5-10,15,19H,11-14,16H2,1-4H3,(H,24,27). The van der Waals surface area contributed by atoms with Crippen LogP contribution in [0.2, 0.25) is 0 Å². The maximum absolute atomic E-state index is 13.0. The molecule has 0 radical (unpaired) electrons. The summed E-state index contributed by atoms with van der Waals surface area (Å²) in [5, 5.41) is 2.87. The minimum Gasteiger partial charge on any atom is -0.496 e. The number of ether oxygens (including phenoxy) is 1. The number of piperidine rings is 1. The molecular weight excluding hydrogens is 478 g/mol. The molecule has 0 aromatic heterocycles. The molecule has 11 heteroatoms. The summed E-state index contributed by atoms with van der Waals surface area (Å²) in [4.78, 5) is 13.0. The van der Waals surface area contributed by atoms with Gasteiger partial charge in [-0.3, -0.25) is 4.79 Å². The Bertz CT molecular complexity index is 1230. The van der Waals surface area contributed by atoms with E-state index in [-0.39, 0.29) is 41.3 Å². The molecule has 1 heterocycles. The van der Waals surface area contributed by atoms with Crippen molar-refractivity contribution in [2.24, 2.45) is 5.92 Å². The molecule has 186 valence electrons. The molecule has 9 nitrogen and oxygen atoms in total. The number of sulfonamides is 2. The molecule has 0 aliphatic carbocycles. The third kappa shape index (κ3) is 5.60. The molecule has 1 aliphatic heterocycles. The van der Waals surface area contributed by atoms with Crippen molar-refractivity contribution in [1.82, 2.24) is 13.9 Å². The Labute approximate surface area is 201 Å². The number of carbonyl (C=O) groups is 1. The summed E-state index contributed by atoms with van der Waals surface area (Å²) < 4.78 is 58.1. The normalized spacial score (nSPS) is 15.9. The first kappa shape index (κ1) is 26.1. The van der Waals surface area contributed by atoms with Crippen LogP contribution in [0.3, 0.4) is 0 Å². The first-order valence-corrected chi connectivity index (χ1v) is 13.8. The van der Waals surface area contributed by atoms with Gasteiger partial charge in [0.15, 0.2) is 0 Å². The fourth-order valence-electron chi connectivity index (χ4n) is 3.84. The highest BCUT2D eigenvalue weighted by Crippen LogP contribution is 2.27. The van der Waals surface area contributed by atoms with Crippen molar-refractivity contribution in [2.75, 3.05) is 34.3 Å². The molecular formula is C23H31N3O6S2. The van der Waals surface area contributed by atoms with Crippen molar-refractivity contribution in [3.63, 3.8) is 0 Å². The number of amides is 1. The molecule has 1 fully saturated rings. The fourth-order valence-corrected chi connectivity index (χ4v) is 6.30. The number of hydrogen-bond donors (Lipinski definition) is 1. The lowest BCUT2D eigenvalue weighted by molar-refractivity contribution is -0.126. The van der Waals surface area contributed by atoms with Gasteiger partial charge in [0.05, 0.1) is 16.9 Å². The number of aryl methyl sites for hydroxylation is 1. The fraction of sp³-hybridized carbons (Fsp3) is 0.435. The van der Waals surface area contributed by atoms with E-state index in [2.05, 4.69) is 5.32 Å². The number of benzene rings is 2. The van der Waals surface area contributed by atoms with Crippen molar-refractivity contribution in [3.8, 4) is 5.75 Å². The van der Waals surface area contributed by atoms with E-state index in [1.54, 1.807) is 31.2 Å². The van der Waals surface area contributed by atoms with Crippen LogP contribution in [-0.2, 0) is 31.4 Å². The van der Waals surface area contributed by atoms with Crippen molar-refractivity contribution < 1.29 is 26.4 Å². The molecule has 1 N–H and O–H groups in total. The minimum absolute atomic E-state index is 0.137. The third-order valence-electron chi connectivity index (χ3n) is 6.00. The Morgan fingerprint density at radius 2 is 1.62 bits per heavy atom. The van der Waals surface area contributed by atoms with Gasteiger partial charge in [-0.1, -0.05) is 12.1 Å². The second kappa shape index (κ2) is 10.4. The second-order valence-electron chi connectivity index (χ2n) is 8.46. The van der Waals surface area contributed by atoms with E-state index in [0.29, 0.717) is 18.6 Å². The van der Waals surface area contributed by atoms with E-state index >= 15 is 0 Å². The molecule has 2 aromatic carbocycles. The van der Waals surface area contributed by atoms with Crippen LogP contribution in [-0.4, -0.2) is 65.6 Å². The monoisotopic (exact) mass is 509 g/mol. The summed E-state index contributed by atoms with van der Waals surface area (Å²) in [5.41, 5.74) is 1.52. The molecule has 34 heavy (non-hydrogen) atoms. The van der Waals surface area contributed by atoms with Crippen molar-refractivity contribution in [1.29, 1.82) is 0 Å². The van der Waals surface area contributed by atoms with Gasteiger partial charge in [0.2, 0.25) is 26.0 Å². The van der Waals surface area contributed by atoms with Crippen LogP contribution in [0.5, 0.6) is 5.75 Å². The lowest BCUT2D eigenvalue weighted by Gasteiger charge is -2.30. The number of methoxy groups -OCH3 is 1. The van der Waals surface area contributed by atoms with Gasteiger partial charge < -0.3 is 10.1 Å². The van der Waals surface area contributed by atoms with E-state index in [0.717, 1.165) is 15.4 Å². The maximum atomic E-state index is 13.0. The predicted octanol–water partition coefficient (Wildman–Crippen LogP) is 1.97. The highest BCUT2D eigenvalue weighted by Gasteiger charge is 2.32. The zero-order chi connectivity index (χ0) is 25.1. The van der Waals surface area contributed by atoms with E-state index in [1.807, 2.05) is 0 Å². The first-order chi connectivity index (χ1) is 16.0. The van der Waals surface area contributed by atoms with Crippen LogP contribution in [0, 0.1) is 12.8 Å². The molecule has 0 atom stereocenters. The number of hydrogen-bond acceptors (Lipinski definition) is 6. The summed E-state index contributed by atoms with van der Waals surface area (Å²) in [6.45, 7) is 2.60. The molecule has 1 saturated heterocycles. The average Bonchev–Trinajstić information content (AvgIpc) is 2.82. The number of rotatable bonds is 8. The van der Waals surface area contributed by atoms with E-state index < -0.39 is 20.0 Å².